The second-order valence-corrected chi connectivity index (χ2v) is 13.8. The van der Waals surface area contributed by atoms with Gasteiger partial charge in [0.25, 0.3) is 0 Å². The van der Waals surface area contributed by atoms with Crippen molar-refractivity contribution in [2.75, 3.05) is 4.90 Å². The van der Waals surface area contributed by atoms with E-state index >= 15 is 0 Å². The van der Waals surface area contributed by atoms with Gasteiger partial charge in [0.15, 0.2) is 0 Å². The number of nitrogens with zero attached hydrogens (tertiary/aromatic N) is 2. The molecule has 0 aliphatic rings. The molecule has 254 valence electrons. The maximum Gasteiger partial charge on any atom is 0.0562 e. The zero-order chi connectivity index (χ0) is 35.8. The third-order valence-electron chi connectivity index (χ3n) is 10.6. The molecule has 54 heavy (non-hydrogen) atoms. The van der Waals surface area contributed by atoms with E-state index in [1.165, 1.54) is 60.4 Å². The van der Waals surface area contributed by atoms with Crippen molar-refractivity contribution in [2.45, 2.75) is 0 Å². The summed E-state index contributed by atoms with van der Waals surface area (Å²) in [6.07, 6.45) is 0. The van der Waals surface area contributed by atoms with Gasteiger partial charge in [-0.15, -0.1) is 0 Å². The van der Waals surface area contributed by atoms with Crippen LogP contribution in [0.1, 0.15) is 0 Å². The minimum Gasteiger partial charge on any atom is -0.310 e. The average Bonchev–Trinajstić information content (AvgIpc) is 3.59. The van der Waals surface area contributed by atoms with E-state index in [0.29, 0.717) is 0 Å². The molecule has 0 aliphatic heterocycles. The fourth-order valence-corrected chi connectivity index (χ4v) is 8.01. The van der Waals surface area contributed by atoms with Crippen LogP contribution in [0.15, 0.2) is 218 Å². The number of rotatable bonds is 7. The summed E-state index contributed by atoms with van der Waals surface area (Å²) in [6, 6.07) is 78.9. The third kappa shape index (κ3) is 5.53. The molecular formula is C52H36N2. The first-order valence-corrected chi connectivity index (χ1v) is 18.5. The number of hydrogen-bond donors (Lipinski definition) is 0. The lowest BCUT2D eigenvalue weighted by Gasteiger charge is -2.27. The lowest BCUT2D eigenvalue weighted by Crippen LogP contribution is -2.10. The maximum atomic E-state index is 2.45. The first-order valence-electron chi connectivity index (χ1n) is 18.5. The van der Waals surface area contributed by atoms with Crippen LogP contribution < -0.4 is 4.90 Å². The Kier molecular flexibility index (Phi) is 7.85. The number of anilines is 3. The summed E-state index contributed by atoms with van der Waals surface area (Å²) in [5.74, 6) is 0. The van der Waals surface area contributed by atoms with Crippen LogP contribution in [-0.4, -0.2) is 4.57 Å². The molecule has 2 nitrogen and oxygen atoms in total. The molecule has 0 atom stereocenters. The maximum absolute atomic E-state index is 2.45. The van der Waals surface area contributed by atoms with Crippen LogP contribution in [0.2, 0.25) is 0 Å². The summed E-state index contributed by atoms with van der Waals surface area (Å²) in [4.78, 5) is 2.41. The number of aromatic nitrogens is 1. The van der Waals surface area contributed by atoms with Gasteiger partial charge in [-0.25, -0.2) is 0 Å². The molecule has 0 spiro atoms. The van der Waals surface area contributed by atoms with E-state index in [9.17, 15) is 0 Å². The molecule has 0 radical (unpaired) electrons. The highest BCUT2D eigenvalue weighted by molar-refractivity contribution is 6.17. The van der Waals surface area contributed by atoms with Crippen LogP contribution in [0.4, 0.5) is 17.1 Å². The van der Waals surface area contributed by atoms with Gasteiger partial charge in [0.1, 0.15) is 0 Å². The van der Waals surface area contributed by atoms with Gasteiger partial charge in [-0.3, -0.25) is 0 Å². The van der Waals surface area contributed by atoms with E-state index in [4.69, 9.17) is 0 Å². The topological polar surface area (TPSA) is 8.17 Å². The van der Waals surface area contributed by atoms with E-state index in [-0.39, 0.29) is 0 Å². The monoisotopic (exact) mass is 688 g/mol. The van der Waals surface area contributed by atoms with Crippen molar-refractivity contribution < 1.29 is 0 Å². The number of benzene rings is 9. The van der Waals surface area contributed by atoms with Gasteiger partial charge in [-0.2, -0.15) is 0 Å². The highest BCUT2D eigenvalue weighted by atomic mass is 15.1. The van der Waals surface area contributed by atoms with Crippen molar-refractivity contribution >= 4 is 49.6 Å². The van der Waals surface area contributed by atoms with Crippen LogP contribution in [0.5, 0.6) is 0 Å². The molecule has 0 saturated heterocycles. The highest BCUT2D eigenvalue weighted by Gasteiger charge is 2.22. The lowest BCUT2D eigenvalue weighted by atomic mass is 9.99. The van der Waals surface area contributed by atoms with Crippen LogP contribution in [0, 0.1) is 0 Å². The van der Waals surface area contributed by atoms with Crippen LogP contribution in [0.25, 0.3) is 71.6 Å². The van der Waals surface area contributed by atoms with Gasteiger partial charge in [0.05, 0.1) is 22.4 Å². The molecule has 1 heterocycles. The fourth-order valence-electron chi connectivity index (χ4n) is 8.01. The van der Waals surface area contributed by atoms with Gasteiger partial charge in [-0.05, 0) is 93.2 Å². The molecule has 0 unspecified atom stereocenters. The minimum absolute atomic E-state index is 1.10. The first-order chi connectivity index (χ1) is 26.8. The summed E-state index contributed by atoms with van der Waals surface area (Å²) in [6.45, 7) is 0. The summed E-state index contributed by atoms with van der Waals surface area (Å²) in [5, 5.41) is 4.90. The smallest absolute Gasteiger partial charge is 0.0562 e. The summed E-state index contributed by atoms with van der Waals surface area (Å²) in [7, 11) is 0. The van der Waals surface area contributed by atoms with Gasteiger partial charge < -0.3 is 9.47 Å². The molecule has 2 heteroatoms. The molecule has 9 aromatic carbocycles. The quantitative estimate of drug-likeness (QED) is 0.162. The molecule has 10 rings (SSSR count). The number of para-hydroxylation sites is 2. The molecule has 0 bridgehead atoms. The molecule has 0 N–H and O–H groups in total. The van der Waals surface area contributed by atoms with Crippen molar-refractivity contribution in [2.24, 2.45) is 0 Å². The Morgan fingerprint density at radius 3 is 1.54 bits per heavy atom. The first kappa shape index (κ1) is 31.6. The summed E-state index contributed by atoms with van der Waals surface area (Å²) < 4.78 is 2.45. The zero-order valence-corrected chi connectivity index (χ0v) is 29.7. The minimum atomic E-state index is 1.10. The average molecular weight is 689 g/mol. The van der Waals surface area contributed by atoms with E-state index in [2.05, 4.69) is 228 Å². The predicted octanol–water partition coefficient (Wildman–Crippen LogP) is 14.4. The third-order valence-corrected chi connectivity index (χ3v) is 10.6. The Bertz CT molecular complexity index is 2820. The molecule has 0 aliphatic carbocycles. The Labute approximate surface area is 315 Å². The lowest BCUT2D eigenvalue weighted by molar-refractivity contribution is 1.18. The molecule has 1 aromatic heterocycles. The van der Waals surface area contributed by atoms with E-state index in [1.54, 1.807) is 0 Å². The molecule has 0 saturated carbocycles. The van der Waals surface area contributed by atoms with Crippen LogP contribution >= 0.6 is 0 Å². The van der Waals surface area contributed by atoms with E-state index in [1.807, 2.05) is 0 Å². The second-order valence-electron chi connectivity index (χ2n) is 13.8. The van der Waals surface area contributed by atoms with E-state index in [0.717, 1.165) is 28.3 Å². The molecular weight excluding hydrogens is 653 g/mol. The number of hydrogen-bond acceptors (Lipinski definition) is 1. The highest BCUT2D eigenvalue weighted by Crippen LogP contribution is 2.45. The van der Waals surface area contributed by atoms with E-state index < -0.39 is 0 Å². The van der Waals surface area contributed by atoms with Crippen molar-refractivity contribution in [3.8, 4) is 39.1 Å². The van der Waals surface area contributed by atoms with Crippen LogP contribution in [-0.2, 0) is 0 Å². The SMILES string of the molecule is c1ccc(-c2ccc(N(c3ccc(-c4ccccc4)cc3)c3cccc4c3c3ccccc3n4-c3ccccc3-c3ccc4ccccc4c3)cc2)cc1. The van der Waals surface area contributed by atoms with Gasteiger partial charge in [0.2, 0.25) is 0 Å². The Morgan fingerprint density at radius 2 is 0.852 bits per heavy atom. The van der Waals surface area contributed by atoms with Gasteiger partial charge in [-0.1, -0.05) is 164 Å². The van der Waals surface area contributed by atoms with Gasteiger partial charge in [0, 0.05) is 27.7 Å². The number of fused-ring (bicyclic) bond motifs is 4. The standard InChI is InChI=1S/C52H36N2/c1-3-14-37(15-4-1)40-28-32-44(33-29-40)53(45-34-30-41(31-35-45)38-16-5-2-6-17-38)50-24-13-25-51-52(50)47-21-10-12-23-49(47)54(51)48-22-11-9-20-46(48)43-27-26-39-18-7-8-19-42(39)36-43/h1-36H. The fraction of sp³-hybridized carbons (Fsp3) is 0. The Balaban J connectivity index is 1.19. The van der Waals surface area contributed by atoms with Gasteiger partial charge >= 0.3 is 0 Å². The Hall–Kier alpha value is -7.16. The second kappa shape index (κ2) is 13.4. The summed E-state index contributed by atoms with van der Waals surface area (Å²) >= 11 is 0. The normalized spacial score (nSPS) is 11.3. The van der Waals surface area contributed by atoms with Crippen molar-refractivity contribution in [1.29, 1.82) is 0 Å². The largest absolute Gasteiger partial charge is 0.310 e. The van der Waals surface area contributed by atoms with Crippen molar-refractivity contribution in [3.63, 3.8) is 0 Å². The van der Waals surface area contributed by atoms with Crippen molar-refractivity contribution in [3.05, 3.63) is 218 Å². The summed E-state index contributed by atoms with van der Waals surface area (Å²) in [5.41, 5.74) is 14.0. The molecule has 10 aromatic rings. The predicted molar refractivity (Wildman–Crippen MR) is 229 cm³/mol. The Morgan fingerprint density at radius 1 is 0.333 bits per heavy atom. The van der Waals surface area contributed by atoms with Crippen molar-refractivity contribution in [1.82, 2.24) is 4.57 Å². The molecule has 0 fully saturated rings. The van der Waals surface area contributed by atoms with Crippen LogP contribution in [0.3, 0.4) is 0 Å². The molecule has 0 amide bonds. The zero-order valence-electron chi connectivity index (χ0n) is 29.7.